The van der Waals surface area contributed by atoms with E-state index in [0.717, 1.165) is 150 Å². The van der Waals surface area contributed by atoms with E-state index in [-0.39, 0.29) is 35.0 Å². The second-order valence-electron chi connectivity index (χ2n) is 29.6. The molecule has 0 spiro atoms. The van der Waals surface area contributed by atoms with Gasteiger partial charge in [-0.05, 0) is 220 Å². The highest BCUT2D eigenvalue weighted by Gasteiger charge is 2.61. The number of hydrogen-bond acceptors (Lipinski definition) is 9. The van der Waals surface area contributed by atoms with Crippen LogP contribution in [0.1, 0.15) is 262 Å². The Balaban J connectivity index is 0.622. The molecule has 0 N–H and O–H groups in total. The summed E-state index contributed by atoms with van der Waals surface area (Å²) in [7, 11) is 0. The number of unbranched alkanes of at least 4 members (excludes halogenated alkanes) is 4. The van der Waals surface area contributed by atoms with Gasteiger partial charge in [0, 0.05) is 25.7 Å². The molecular weight excluding hydrogens is 1050 g/mol. The molecule has 6 saturated carbocycles. The number of fused-ring (bicyclic) bond motifs is 10. The largest absolute Gasteiger partial charge is 0.462 e. The number of ether oxygens (including phenoxy) is 2. The number of rotatable bonds is 26. The fourth-order valence-corrected chi connectivity index (χ4v) is 26.1. The lowest BCUT2D eigenvalue weighted by Crippen LogP contribution is -2.51. The van der Waals surface area contributed by atoms with Crippen LogP contribution in [0.15, 0.2) is 31.7 Å². The predicted octanol–water partition coefficient (Wildman–Crippen LogP) is 21.8. The molecule has 1 heterocycles. The molecular formula is C69H110O4S5. The molecule has 16 atom stereocenters. The highest BCUT2D eigenvalue weighted by Crippen LogP contribution is 2.69. The summed E-state index contributed by atoms with van der Waals surface area (Å²) in [4.78, 5) is 26.4. The zero-order valence-corrected chi connectivity index (χ0v) is 55.1. The van der Waals surface area contributed by atoms with Crippen LogP contribution in [0.5, 0.6) is 0 Å². The van der Waals surface area contributed by atoms with Crippen LogP contribution in [-0.2, 0) is 19.1 Å². The van der Waals surface area contributed by atoms with E-state index in [1.807, 2.05) is 23.5 Å². The molecule has 0 radical (unpaired) electrons. The molecule has 1 aromatic heterocycles. The summed E-state index contributed by atoms with van der Waals surface area (Å²) in [6.07, 6.45) is 41.2. The summed E-state index contributed by atoms with van der Waals surface area (Å²) < 4.78 is 16.2. The maximum absolute atomic E-state index is 13.2. The number of esters is 2. The van der Waals surface area contributed by atoms with Crippen LogP contribution in [-0.4, -0.2) is 35.7 Å². The molecule has 9 rings (SSSR count). The first-order valence-electron chi connectivity index (χ1n) is 33.0. The van der Waals surface area contributed by atoms with Crippen molar-refractivity contribution in [3.05, 3.63) is 26.4 Å². The molecule has 0 saturated heterocycles. The molecule has 2 unspecified atom stereocenters. The Morgan fingerprint density at radius 3 is 1.37 bits per heavy atom. The van der Waals surface area contributed by atoms with Gasteiger partial charge in [-0.1, -0.05) is 156 Å². The third-order valence-corrected chi connectivity index (χ3v) is 29.9. The van der Waals surface area contributed by atoms with Crippen LogP contribution >= 0.6 is 58.4 Å². The van der Waals surface area contributed by atoms with Gasteiger partial charge in [0.25, 0.3) is 0 Å². The quantitative estimate of drug-likeness (QED) is 0.0301. The van der Waals surface area contributed by atoms with E-state index in [1.165, 1.54) is 124 Å². The molecule has 0 amide bonds. The Bertz CT molecular complexity index is 2120. The van der Waals surface area contributed by atoms with E-state index < -0.39 is 0 Å². The van der Waals surface area contributed by atoms with Crippen LogP contribution in [0, 0.1) is 95.8 Å². The van der Waals surface area contributed by atoms with Crippen molar-refractivity contribution in [2.45, 2.75) is 282 Å². The first kappa shape index (κ1) is 61.9. The van der Waals surface area contributed by atoms with Crippen molar-refractivity contribution in [3.63, 3.8) is 0 Å². The van der Waals surface area contributed by atoms with Crippen LogP contribution < -0.4 is 0 Å². The second-order valence-corrected chi connectivity index (χ2v) is 35.6. The Labute approximate surface area is 499 Å². The van der Waals surface area contributed by atoms with E-state index in [4.69, 9.17) is 21.7 Å². The van der Waals surface area contributed by atoms with E-state index in [0.29, 0.717) is 23.7 Å². The number of carbonyl (C=O) groups is 2. The highest BCUT2D eigenvalue weighted by molar-refractivity contribution is 8.05. The number of hydrogen-bond donors (Lipinski definition) is 0. The van der Waals surface area contributed by atoms with E-state index in [1.54, 1.807) is 33.8 Å². The van der Waals surface area contributed by atoms with Gasteiger partial charge in [0.1, 0.15) is 15.3 Å². The van der Waals surface area contributed by atoms with E-state index in [2.05, 4.69) is 81.4 Å². The lowest BCUT2D eigenvalue weighted by molar-refractivity contribution is -0.152. The maximum atomic E-state index is 13.2. The van der Waals surface area contributed by atoms with Crippen molar-refractivity contribution in [2.24, 2.45) is 92.7 Å². The first-order chi connectivity index (χ1) is 37.3. The van der Waals surface area contributed by atoms with Gasteiger partial charge in [0.2, 0.25) is 0 Å². The van der Waals surface area contributed by atoms with Gasteiger partial charge in [-0.2, -0.15) is 0 Å². The van der Waals surface area contributed by atoms with Crippen LogP contribution in [0.2, 0.25) is 0 Å². The summed E-state index contributed by atoms with van der Waals surface area (Å²) in [6.45, 7) is 25.3. The summed E-state index contributed by atoms with van der Waals surface area (Å²) in [5.41, 5.74) is 4.86. The van der Waals surface area contributed by atoms with Crippen LogP contribution in [0.25, 0.3) is 0 Å². The smallest absolute Gasteiger partial charge is 0.306 e. The van der Waals surface area contributed by atoms with Gasteiger partial charge in [-0.3, -0.25) is 9.59 Å². The van der Waals surface area contributed by atoms with Gasteiger partial charge in [0.05, 0.1) is 8.42 Å². The molecule has 6 fully saturated rings. The molecule has 4 nitrogen and oxygen atoms in total. The normalized spacial score (nSPS) is 36.8. The van der Waals surface area contributed by atoms with Gasteiger partial charge in [-0.25, -0.2) is 0 Å². The Morgan fingerprint density at radius 2 is 0.962 bits per heavy atom. The number of thioether (sulfide) groups is 2. The van der Waals surface area contributed by atoms with Crippen LogP contribution in [0.3, 0.4) is 0 Å². The molecule has 440 valence electrons. The molecule has 0 bridgehead atoms. The first-order valence-corrected chi connectivity index (χ1v) is 37.0. The fourth-order valence-electron chi connectivity index (χ4n) is 19.9. The minimum absolute atomic E-state index is 0.0115. The lowest BCUT2D eigenvalue weighted by atomic mass is 9.47. The van der Waals surface area contributed by atoms with E-state index >= 15 is 0 Å². The lowest BCUT2D eigenvalue weighted by Gasteiger charge is -2.58. The molecule has 1 aromatic rings. The van der Waals surface area contributed by atoms with Crippen molar-refractivity contribution in [1.29, 1.82) is 0 Å². The third-order valence-electron chi connectivity index (χ3n) is 24.2. The van der Waals surface area contributed by atoms with Gasteiger partial charge in [-0.15, -0.1) is 46.2 Å². The molecule has 0 aliphatic heterocycles. The van der Waals surface area contributed by atoms with E-state index in [9.17, 15) is 9.59 Å². The van der Waals surface area contributed by atoms with Crippen molar-refractivity contribution in [2.75, 3.05) is 11.5 Å². The molecule has 0 aromatic carbocycles. The minimum atomic E-state index is 0.0115. The summed E-state index contributed by atoms with van der Waals surface area (Å²) >= 11 is 13.1. The monoisotopic (exact) mass is 1160 g/mol. The Kier molecular flexibility index (Phi) is 21.6. The Hall–Kier alpha value is -0.610. The topological polar surface area (TPSA) is 52.6 Å². The van der Waals surface area contributed by atoms with Crippen molar-refractivity contribution in [3.8, 4) is 0 Å². The van der Waals surface area contributed by atoms with Gasteiger partial charge < -0.3 is 9.47 Å². The standard InChI is InChI=1S/C69H110O4S5/c1-45(2)19-17-21-47(5)55-29-31-57-53-27-25-49-43-51(33-37-66(49,7)59(53)35-39-68(55,57)9)72-61(70)23-13-11-15-41-75-63-64(78-65(74)77-63)76-42-16-12-14-24-62(71)73-52-34-38-67(8)50(44-52)26-28-54-58-32-30-56(48(6)22-18-20-46(3)4)69(58,10)40-36-60(54)67/h25-26,45-48,51-60H,11-24,27-44H2,1-10H3/t47-,48-,51?,52?,53+,54+,55-,56-,57+,58+,59+,60+,66+,67+,68-,69-/m1/s1. The average molecular weight is 1160 g/mol. The summed E-state index contributed by atoms with van der Waals surface area (Å²) in [5, 5.41) is 0. The van der Waals surface area contributed by atoms with Crippen molar-refractivity contribution in [1.82, 2.24) is 0 Å². The fraction of sp³-hybridized carbons (Fsp3) is 0.870. The summed E-state index contributed by atoms with van der Waals surface area (Å²) in [6, 6.07) is 0. The maximum Gasteiger partial charge on any atom is 0.306 e. The van der Waals surface area contributed by atoms with Crippen molar-refractivity contribution >= 4 is 70.4 Å². The zero-order valence-electron chi connectivity index (χ0n) is 51.0. The summed E-state index contributed by atoms with van der Waals surface area (Å²) in [5.74, 6) is 12.3. The van der Waals surface area contributed by atoms with Crippen LogP contribution in [0.4, 0.5) is 0 Å². The third kappa shape index (κ3) is 13.9. The van der Waals surface area contributed by atoms with Gasteiger partial charge >= 0.3 is 11.9 Å². The zero-order chi connectivity index (χ0) is 55.4. The Morgan fingerprint density at radius 1 is 0.538 bits per heavy atom. The van der Waals surface area contributed by atoms with Gasteiger partial charge in [0.15, 0.2) is 0 Å². The van der Waals surface area contributed by atoms with Crippen molar-refractivity contribution < 1.29 is 19.1 Å². The molecule has 8 aliphatic rings. The molecule has 9 heteroatoms. The number of carbonyl (C=O) groups excluding carboxylic acids is 2. The highest BCUT2D eigenvalue weighted by atomic mass is 32.2. The average Bonchev–Trinajstić information content (AvgIpc) is 4.12. The minimum Gasteiger partial charge on any atom is -0.462 e. The predicted molar refractivity (Wildman–Crippen MR) is 337 cm³/mol. The molecule has 78 heavy (non-hydrogen) atoms. The second kappa shape index (κ2) is 27.2. The number of allylic oxidation sites excluding steroid dienone is 2. The SMILES string of the molecule is CC(C)CCC[C@@H](C)[C@H]1CC[C@H]2[C@@H]3CC=C4CC(OC(=O)CCCCCSc5sc(=S)sc5SCCCCCC(=O)OC5CC[C@@]6(C)C(=CC[C@H]7[C@@H]8CC[C@H]([C@H](C)CCCC(C)C)[C@@]8(C)CC[C@@H]76)C5)CC[C@]4(C)[C@H]3CC[C@]12C. The molecule has 8 aliphatic carbocycles.